The van der Waals surface area contributed by atoms with Crippen LogP contribution in [0.4, 0.5) is 10.5 Å². The number of amides is 2. The standard InChI is InChI=1S/C22H13N3O5S/c23-12-15-3-1-2-4-18(15)19-10-9-17(30-19)11-20-21(26)24(22(27)31-20)13-14-5-7-16(8-6-14)25(28)29/h1-11H,13H2/b20-11-. The molecule has 2 amide bonds. The maximum absolute atomic E-state index is 12.7. The molecular weight excluding hydrogens is 418 g/mol. The number of nitro benzene ring substituents is 1. The number of nitrogens with zero attached hydrogens (tertiary/aromatic N) is 3. The average Bonchev–Trinajstić information content (AvgIpc) is 3.34. The number of benzene rings is 2. The Balaban J connectivity index is 1.53. The van der Waals surface area contributed by atoms with E-state index in [-0.39, 0.29) is 17.1 Å². The molecule has 31 heavy (non-hydrogen) atoms. The Kier molecular flexibility index (Phi) is 5.39. The summed E-state index contributed by atoms with van der Waals surface area (Å²) in [5.41, 5.74) is 1.63. The van der Waals surface area contributed by atoms with E-state index >= 15 is 0 Å². The smallest absolute Gasteiger partial charge is 0.293 e. The fraction of sp³-hybridized carbons (Fsp3) is 0.0455. The van der Waals surface area contributed by atoms with E-state index in [2.05, 4.69) is 6.07 Å². The number of imide groups is 1. The summed E-state index contributed by atoms with van der Waals surface area (Å²) in [6, 6.07) is 18.1. The third kappa shape index (κ3) is 4.10. The van der Waals surface area contributed by atoms with Crippen LogP contribution in [0.3, 0.4) is 0 Å². The van der Waals surface area contributed by atoms with E-state index in [1.807, 2.05) is 0 Å². The molecule has 0 radical (unpaired) electrons. The first-order chi connectivity index (χ1) is 15.0. The van der Waals surface area contributed by atoms with Gasteiger partial charge in [0, 0.05) is 23.8 Å². The van der Waals surface area contributed by atoms with Crippen molar-refractivity contribution >= 4 is 34.7 Å². The lowest BCUT2D eigenvalue weighted by atomic mass is 10.1. The molecule has 152 valence electrons. The van der Waals surface area contributed by atoms with Crippen LogP contribution >= 0.6 is 11.8 Å². The first-order valence-corrected chi connectivity index (χ1v) is 9.86. The van der Waals surface area contributed by atoms with E-state index in [1.165, 1.54) is 30.3 Å². The minimum absolute atomic E-state index is 0.0128. The summed E-state index contributed by atoms with van der Waals surface area (Å²) >= 11 is 0.795. The predicted molar refractivity (Wildman–Crippen MR) is 113 cm³/mol. The van der Waals surface area contributed by atoms with Crippen molar-refractivity contribution in [3.8, 4) is 17.4 Å². The summed E-state index contributed by atoms with van der Waals surface area (Å²) in [6.07, 6.45) is 1.49. The van der Waals surface area contributed by atoms with Gasteiger partial charge in [0.2, 0.25) is 0 Å². The highest BCUT2D eigenvalue weighted by atomic mass is 32.2. The Bertz CT molecular complexity index is 1270. The Morgan fingerprint density at radius 3 is 2.55 bits per heavy atom. The van der Waals surface area contributed by atoms with Crippen LogP contribution in [0.5, 0.6) is 0 Å². The largest absolute Gasteiger partial charge is 0.457 e. The molecule has 0 unspecified atom stereocenters. The van der Waals surface area contributed by atoms with Gasteiger partial charge in [0.15, 0.2) is 0 Å². The highest BCUT2D eigenvalue weighted by molar-refractivity contribution is 8.18. The number of carbonyl (C=O) groups is 2. The van der Waals surface area contributed by atoms with E-state index in [9.17, 15) is 25.0 Å². The molecule has 2 heterocycles. The molecule has 1 aliphatic heterocycles. The van der Waals surface area contributed by atoms with Crippen LogP contribution in [-0.2, 0) is 11.3 Å². The molecule has 1 aliphatic rings. The summed E-state index contributed by atoms with van der Waals surface area (Å²) in [7, 11) is 0. The molecule has 9 heteroatoms. The van der Waals surface area contributed by atoms with Crippen molar-refractivity contribution in [2.75, 3.05) is 0 Å². The van der Waals surface area contributed by atoms with E-state index < -0.39 is 16.1 Å². The van der Waals surface area contributed by atoms with Gasteiger partial charge in [0.25, 0.3) is 16.8 Å². The van der Waals surface area contributed by atoms with Gasteiger partial charge in [-0.3, -0.25) is 24.6 Å². The molecule has 0 atom stereocenters. The summed E-state index contributed by atoms with van der Waals surface area (Å²) in [4.78, 5) is 36.6. The van der Waals surface area contributed by atoms with Gasteiger partial charge in [-0.25, -0.2) is 0 Å². The second-order valence-electron chi connectivity index (χ2n) is 6.55. The van der Waals surface area contributed by atoms with Crippen molar-refractivity contribution in [3.05, 3.63) is 92.6 Å². The first kappa shape index (κ1) is 20.1. The van der Waals surface area contributed by atoms with Crippen molar-refractivity contribution in [2.24, 2.45) is 0 Å². The van der Waals surface area contributed by atoms with Crippen molar-refractivity contribution in [2.45, 2.75) is 6.54 Å². The Morgan fingerprint density at radius 2 is 1.84 bits per heavy atom. The molecule has 3 aromatic rings. The number of hydrogen-bond acceptors (Lipinski definition) is 7. The molecule has 0 aliphatic carbocycles. The zero-order chi connectivity index (χ0) is 22.0. The number of rotatable bonds is 5. The minimum atomic E-state index is -0.515. The highest BCUT2D eigenvalue weighted by Gasteiger charge is 2.35. The molecule has 2 aromatic carbocycles. The van der Waals surface area contributed by atoms with Gasteiger partial charge < -0.3 is 4.42 Å². The van der Waals surface area contributed by atoms with Crippen LogP contribution in [0, 0.1) is 21.4 Å². The Morgan fingerprint density at radius 1 is 1.10 bits per heavy atom. The van der Waals surface area contributed by atoms with Gasteiger partial charge in [0.1, 0.15) is 11.5 Å². The maximum atomic E-state index is 12.7. The molecule has 0 bridgehead atoms. The Hall–Kier alpha value is -4.16. The second kappa shape index (κ2) is 8.30. The monoisotopic (exact) mass is 431 g/mol. The minimum Gasteiger partial charge on any atom is -0.457 e. The topological polar surface area (TPSA) is 117 Å². The summed E-state index contributed by atoms with van der Waals surface area (Å²) in [5.74, 6) is 0.390. The number of hydrogen-bond donors (Lipinski definition) is 0. The first-order valence-electron chi connectivity index (χ1n) is 9.04. The van der Waals surface area contributed by atoms with E-state index in [4.69, 9.17) is 4.42 Å². The maximum Gasteiger partial charge on any atom is 0.293 e. The van der Waals surface area contributed by atoms with Crippen LogP contribution in [0.2, 0.25) is 0 Å². The number of non-ortho nitro benzene ring substituents is 1. The van der Waals surface area contributed by atoms with E-state index in [0.717, 1.165) is 16.7 Å². The molecule has 8 nitrogen and oxygen atoms in total. The van der Waals surface area contributed by atoms with Crippen molar-refractivity contribution in [1.82, 2.24) is 4.90 Å². The van der Waals surface area contributed by atoms with E-state index in [1.54, 1.807) is 36.4 Å². The number of thioether (sulfide) groups is 1. The van der Waals surface area contributed by atoms with Gasteiger partial charge >= 0.3 is 0 Å². The SMILES string of the molecule is N#Cc1ccccc1-c1ccc(/C=C2\SC(=O)N(Cc3ccc([N+](=O)[O-])cc3)C2=O)o1. The van der Waals surface area contributed by atoms with Crippen LogP contribution in [0.1, 0.15) is 16.9 Å². The van der Waals surface area contributed by atoms with Gasteiger partial charge in [-0.15, -0.1) is 0 Å². The lowest BCUT2D eigenvalue weighted by Crippen LogP contribution is -2.27. The lowest BCUT2D eigenvalue weighted by molar-refractivity contribution is -0.384. The Labute approximate surface area is 180 Å². The molecule has 0 N–H and O–H groups in total. The van der Waals surface area contributed by atoms with Gasteiger partial charge in [0.05, 0.1) is 28.0 Å². The summed E-state index contributed by atoms with van der Waals surface area (Å²) in [6.45, 7) is 0.0128. The lowest BCUT2D eigenvalue weighted by Gasteiger charge is -2.12. The molecule has 4 rings (SSSR count). The second-order valence-corrected chi connectivity index (χ2v) is 7.54. The highest BCUT2D eigenvalue weighted by Crippen LogP contribution is 2.34. The third-order valence-electron chi connectivity index (χ3n) is 4.57. The molecule has 1 aromatic heterocycles. The zero-order valence-electron chi connectivity index (χ0n) is 15.8. The van der Waals surface area contributed by atoms with Crippen LogP contribution in [-0.4, -0.2) is 21.0 Å². The van der Waals surface area contributed by atoms with Crippen LogP contribution < -0.4 is 0 Å². The average molecular weight is 431 g/mol. The van der Waals surface area contributed by atoms with Crippen molar-refractivity contribution < 1.29 is 18.9 Å². The van der Waals surface area contributed by atoms with Gasteiger partial charge in [-0.05, 0) is 41.6 Å². The molecule has 0 spiro atoms. The summed E-state index contributed by atoms with van der Waals surface area (Å²) < 4.78 is 5.76. The van der Waals surface area contributed by atoms with Crippen molar-refractivity contribution in [1.29, 1.82) is 5.26 Å². The number of furan rings is 1. The van der Waals surface area contributed by atoms with Crippen LogP contribution in [0.25, 0.3) is 17.4 Å². The molecular formula is C22H13N3O5S. The number of nitro groups is 1. The normalized spacial score (nSPS) is 14.8. The zero-order valence-corrected chi connectivity index (χ0v) is 16.7. The number of nitriles is 1. The molecule has 1 fully saturated rings. The third-order valence-corrected chi connectivity index (χ3v) is 5.48. The predicted octanol–water partition coefficient (Wildman–Crippen LogP) is 4.96. The molecule has 0 saturated carbocycles. The van der Waals surface area contributed by atoms with Crippen LogP contribution in [0.15, 0.2) is 70.0 Å². The quantitative estimate of drug-likeness (QED) is 0.318. The van der Waals surface area contributed by atoms with Gasteiger partial charge in [-0.2, -0.15) is 5.26 Å². The summed E-state index contributed by atoms with van der Waals surface area (Å²) in [5, 5.41) is 19.6. The van der Waals surface area contributed by atoms with E-state index in [0.29, 0.717) is 28.2 Å². The fourth-order valence-corrected chi connectivity index (χ4v) is 3.86. The fourth-order valence-electron chi connectivity index (χ4n) is 3.04. The number of carbonyl (C=O) groups excluding carboxylic acids is 2. The van der Waals surface area contributed by atoms with Crippen molar-refractivity contribution in [3.63, 3.8) is 0 Å². The molecule has 1 saturated heterocycles. The van der Waals surface area contributed by atoms with Gasteiger partial charge in [-0.1, -0.05) is 24.3 Å².